The van der Waals surface area contributed by atoms with Crippen molar-refractivity contribution in [2.75, 3.05) is 0 Å². The van der Waals surface area contributed by atoms with Crippen molar-refractivity contribution in [2.24, 2.45) is 0 Å². The number of nitrogens with zero attached hydrogens (tertiary/aromatic N) is 3. The van der Waals surface area contributed by atoms with Gasteiger partial charge in [0.2, 0.25) is 0 Å². The number of unbranched alkanes of at least 4 members (excludes halogenated alkanes) is 12. The Kier molecular flexibility index (Phi) is 13.1. The standard InChI is InChI=1S/C57H65N3O5/c1-5-9-13-20-26-37(27-21-14-10-6-2)58-54(62)41-32-30-39-40-31-33-42-48-44(57(65)59(55(42)63)38(28-22-15-11-7-3)29-23-16-12-8-4)35-46-52(50(40)48)51-45(34-43(56(58)64)47(41)49(39)51)60(46)53(61)36-24-18-17-19-25-36/h17-19,24-25,30-35,37-38H,5-16,20-23,26-29H2,1-4H3. The molecular formula is C57H65N3O5. The molecule has 9 rings (SSSR count). The van der Waals surface area contributed by atoms with E-state index in [9.17, 15) is 9.59 Å². The molecule has 0 fully saturated rings. The molecule has 0 bridgehead atoms. The highest BCUT2D eigenvalue weighted by atomic mass is 16.2. The molecule has 65 heavy (non-hydrogen) atoms. The fourth-order valence-electron chi connectivity index (χ4n) is 11.6. The molecule has 0 radical (unpaired) electrons. The van der Waals surface area contributed by atoms with E-state index in [-0.39, 0.29) is 40.2 Å². The van der Waals surface area contributed by atoms with Crippen LogP contribution in [0.2, 0.25) is 0 Å². The molecule has 8 nitrogen and oxygen atoms in total. The van der Waals surface area contributed by atoms with E-state index in [1.54, 1.807) is 25.8 Å². The maximum absolute atomic E-state index is 15.2. The number of rotatable bonds is 23. The van der Waals surface area contributed by atoms with Crippen LogP contribution in [0.25, 0.3) is 75.7 Å². The van der Waals surface area contributed by atoms with Crippen molar-refractivity contribution in [1.29, 1.82) is 0 Å². The molecule has 9 aromatic rings. The van der Waals surface area contributed by atoms with Crippen LogP contribution in [-0.4, -0.2) is 19.6 Å². The molecule has 3 aromatic heterocycles. The van der Waals surface area contributed by atoms with Gasteiger partial charge in [0.1, 0.15) is 0 Å². The monoisotopic (exact) mass is 871 g/mol. The van der Waals surface area contributed by atoms with Gasteiger partial charge in [0, 0.05) is 60.7 Å². The molecule has 0 amide bonds. The van der Waals surface area contributed by atoms with Crippen molar-refractivity contribution in [3.63, 3.8) is 0 Å². The Morgan fingerprint density at radius 2 is 0.754 bits per heavy atom. The highest BCUT2D eigenvalue weighted by molar-refractivity contribution is 6.46. The van der Waals surface area contributed by atoms with Crippen molar-refractivity contribution < 1.29 is 4.79 Å². The largest absolute Gasteiger partial charge is 0.276 e. The maximum atomic E-state index is 15.2. The average molecular weight is 872 g/mol. The Labute approximate surface area is 380 Å². The zero-order valence-corrected chi connectivity index (χ0v) is 39.0. The van der Waals surface area contributed by atoms with Crippen LogP contribution >= 0.6 is 0 Å². The van der Waals surface area contributed by atoms with Gasteiger partial charge in [-0.15, -0.1) is 0 Å². The first-order valence-corrected chi connectivity index (χ1v) is 25.2. The zero-order chi connectivity index (χ0) is 45.4. The van der Waals surface area contributed by atoms with Crippen LogP contribution in [0, 0.1) is 0 Å². The highest BCUT2D eigenvalue weighted by Gasteiger charge is 2.32. The number of carbonyl (C=O) groups is 1. The van der Waals surface area contributed by atoms with E-state index in [4.69, 9.17) is 0 Å². The quantitative estimate of drug-likeness (QED) is 0.0362. The first kappa shape index (κ1) is 44.6. The Hall–Kier alpha value is -5.63. The number of hydrogen-bond donors (Lipinski definition) is 0. The first-order chi connectivity index (χ1) is 31.8. The van der Waals surface area contributed by atoms with Crippen molar-refractivity contribution >= 4 is 81.6 Å². The Morgan fingerprint density at radius 1 is 0.400 bits per heavy atom. The molecule has 0 aliphatic carbocycles. The fraction of sp³-hybridized carbons (Fsp3) is 0.456. The second-order valence-corrected chi connectivity index (χ2v) is 19.1. The van der Waals surface area contributed by atoms with Crippen LogP contribution in [0.1, 0.15) is 179 Å². The number of carbonyl (C=O) groups excluding carboxylic acids is 1. The molecular weight excluding hydrogens is 807 g/mol. The molecule has 0 aliphatic rings. The summed E-state index contributed by atoms with van der Waals surface area (Å²) in [5.74, 6) is -0.275. The van der Waals surface area contributed by atoms with Gasteiger partial charge in [-0.2, -0.15) is 0 Å². The summed E-state index contributed by atoms with van der Waals surface area (Å²) in [5, 5.41) is 7.83. The van der Waals surface area contributed by atoms with Crippen LogP contribution in [0.5, 0.6) is 0 Å². The summed E-state index contributed by atoms with van der Waals surface area (Å²) < 4.78 is 4.81. The Morgan fingerprint density at radius 3 is 1.12 bits per heavy atom. The van der Waals surface area contributed by atoms with Gasteiger partial charge in [0.15, 0.2) is 0 Å². The van der Waals surface area contributed by atoms with Gasteiger partial charge in [-0.25, -0.2) is 0 Å². The molecule has 0 spiro atoms. The lowest BCUT2D eigenvalue weighted by molar-refractivity contribution is 0.0969. The lowest BCUT2D eigenvalue weighted by Gasteiger charge is -2.23. The van der Waals surface area contributed by atoms with Gasteiger partial charge < -0.3 is 0 Å². The van der Waals surface area contributed by atoms with E-state index < -0.39 is 0 Å². The normalized spacial score (nSPS) is 12.6. The number of pyridine rings is 2. The molecule has 0 atom stereocenters. The molecule has 8 heteroatoms. The van der Waals surface area contributed by atoms with E-state index in [1.807, 2.05) is 54.6 Å². The third kappa shape index (κ3) is 7.59. The second-order valence-electron chi connectivity index (χ2n) is 19.1. The fourth-order valence-corrected chi connectivity index (χ4v) is 11.6. The van der Waals surface area contributed by atoms with Crippen LogP contribution in [-0.2, 0) is 0 Å². The van der Waals surface area contributed by atoms with E-state index >= 15 is 14.4 Å². The third-order valence-electron chi connectivity index (χ3n) is 14.9. The molecule has 0 unspecified atom stereocenters. The number of benzene rings is 6. The zero-order valence-electron chi connectivity index (χ0n) is 39.0. The number of hydrogen-bond acceptors (Lipinski definition) is 5. The molecule has 0 N–H and O–H groups in total. The van der Waals surface area contributed by atoms with Crippen molar-refractivity contribution in [3.8, 4) is 0 Å². The lowest BCUT2D eigenvalue weighted by atomic mass is 9.86. The van der Waals surface area contributed by atoms with Crippen molar-refractivity contribution in [3.05, 3.63) is 114 Å². The van der Waals surface area contributed by atoms with Crippen LogP contribution < -0.4 is 22.2 Å². The molecule has 0 aliphatic heterocycles. The summed E-state index contributed by atoms with van der Waals surface area (Å²) >= 11 is 0. The summed E-state index contributed by atoms with van der Waals surface area (Å²) in [6.07, 6.45) is 19.9. The SMILES string of the molecule is CCCCCCC(CCCCCC)n1c(=O)c2ccc3c4ccc5c(=O)n(C(CCCCCC)CCCCCC)c(=O)c6cc7c(c4c56)c4c3c2c(cc4n7C(=O)c2ccccc2)c1=O. The lowest BCUT2D eigenvalue weighted by Crippen LogP contribution is -2.37. The average Bonchev–Trinajstić information content (AvgIpc) is 3.66. The highest BCUT2D eigenvalue weighted by Crippen LogP contribution is 2.49. The number of aromatic nitrogens is 3. The van der Waals surface area contributed by atoms with Gasteiger partial charge in [-0.3, -0.25) is 37.7 Å². The Bertz CT molecular complexity index is 3120. The van der Waals surface area contributed by atoms with E-state index in [2.05, 4.69) is 27.7 Å². The van der Waals surface area contributed by atoms with E-state index in [1.165, 1.54) is 0 Å². The minimum Gasteiger partial charge on any atom is -0.276 e. The summed E-state index contributed by atoms with van der Waals surface area (Å²) in [6.45, 7) is 8.75. The molecule has 0 saturated carbocycles. The second kappa shape index (κ2) is 19.1. The van der Waals surface area contributed by atoms with E-state index in [0.29, 0.717) is 48.9 Å². The summed E-state index contributed by atoms with van der Waals surface area (Å²) in [5.41, 5.74) is 0.459. The van der Waals surface area contributed by atoms with Crippen molar-refractivity contribution in [2.45, 2.75) is 168 Å². The smallest absolute Gasteiger partial charge is 0.262 e. The van der Waals surface area contributed by atoms with Crippen molar-refractivity contribution in [1.82, 2.24) is 13.7 Å². The van der Waals surface area contributed by atoms with Crippen LogP contribution in [0.4, 0.5) is 0 Å². The predicted molar refractivity (Wildman–Crippen MR) is 272 cm³/mol. The maximum Gasteiger partial charge on any atom is 0.262 e. The summed E-state index contributed by atoms with van der Waals surface area (Å²) in [7, 11) is 0. The van der Waals surface area contributed by atoms with Gasteiger partial charge >= 0.3 is 0 Å². The summed E-state index contributed by atoms with van der Waals surface area (Å²) in [6, 6.07) is 20.1. The van der Waals surface area contributed by atoms with Crippen LogP contribution in [0.15, 0.2) is 85.9 Å². The number of fused-ring (bicyclic) bond motifs is 1. The third-order valence-corrected chi connectivity index (χ3v) is 14.9. The molecule has 338 valence electrons. The molecule has 3 heterocycles. The topological polar surface area (TPSA) is 100 Å². The first-order valence-electron chi connectivity index (χ1n) is 25.2. The van der Waals surface area contributed by atoms with Gasteiger partial charge in [0.05, 0.1) is 21.8 Å². The van der Waals surface area contributed by atoms with E-state index in [0.717, 1.165) is 161 Å². The van der Waals surface area contributed by atoms with Gasteiger partial charge in [0.25, 0.3) is 28.1 Å². The minimum atomic E-state index is -0.313. The molecule has 6 aromatic carbocycles. The van der Waals surface area contributed by atoms with Crippen LogP contribution in [0.3, 0.4) is 0 Å². The molecule has 0 saturated heterocycles. The van der Waals surface area contributed by atoms with Gasteiger partial charge in [-0.1, -0.05) is 161 Å². The van der Waals surface area contributed by atoms with Gasteiger partial charge in [-0.05, 0) is 72.9 Å². The summed E-state index contributed by atoms with van der Waals surface area (Å²) in [4.78, 5) is 75.4. The Balaban J connectivity index is 1.36. The minimum absolute atomic E-state index is 0.233. The predicted octanol–water partition coefficient (Wildman–Crippen LogP) is 14.0.